The van der Waals surface area contributed by atoms with Gasteiger partial charge in [-0.3, -0.25) is 0 Å². The van der Waals surface area contributed by atoms with E-state index >= 15 is 0 Å². The highest BCUT2D eigenvalue weighted by Gasteiger charge is 2.29. The van der Waals surface area contributed by atoms with Crippen LogP contribution in [0.15, 0.2) is 24.3 Å². The lowest BCUT2D eigenvalue weighted by atomic mass is 9.86. The molecule has 0 aromatic heterocycles. The maximum Gasteiger partial charge on any atom is 0.123 e. The van der Waals surface area contributed by atoms with Crippen LogP contribution in [0.2, 0.25) is 0 Å². The summed E-state index contributed by atoms with van der Waals surface area (Å²) in [4.78, 5) is 2.34. The van der Waals surface area contributed by atoms with Crippen LogP contribution < -0.4 is 10.2 Å². The third-order valence-electron chi connectivity index (χ3n) is 4.39. The Hall–Kier alpha value is -1.09. The second-order valence-corrected chi connectivity index (χ2v) is 6.31. The van der Waals surface area contributed by atoms with Crippen LogP contribution in [0.4, 0.5) is 10.1 Å². The van der Waals surface area contributed by atoms with E-state index in [1.54, 1.807) is 12.1 Å². The first-order valence-corrected chi connectivity index (χ1v) is 7.80. The number of rotatable bonds is 8. The summed E-state index contributed by atoms with van der Waals surface area (Å²) >= 11 is 0. The van der Waals surface area contributed by atoms with Crippen LogP contribution in [-0.4, -0.2) is 25.7 Å². The Morgan fingerprint density at radius 2 is 1.90 bits per heavy atom. The summed E-state index contributed by atoms with van der Waals surface area (Å²) in [6.45, 7) is 9.78. The van der Waals surface area contributed by atoms with Crippen LogP contribution >= 0.6 is 0 Å². The lowest BCUT2D eigenvalue weighted by Gasteiger charge is -2.36. The molecule has 1 aliphatic carbocycles. The van der Waals surface area contributed by atoms with Gasteiger partial charge in [0.05, 0.1) is 0 Å². The Morgan fingerprint density at radius 1 is 1.25 bits per heavy atom. The van der Waals surface area contributed by atoms with E-state index in [1.807, 2.05) is 12.1 Å². The summed E-state index contributed by atoms with van der Waals surface area (Å²) in [6.07, 6.45) is 3.80. The predicted molar refractivity (Wildman–Crippen MR) is 83.7 cm³/mol. The van der Waals surface area contributed by atoms with Crippen LogP contribution in [0, 0.1) is 11.2 Å². The fourth-order valence-electron chi connectivity index (χ4n) is 2.47. The molecule has 20 heavy (non-hydrogen) atoms. The third kappa shape index (κ3) is 4.20. The quantitative estimate of drug-likeness (QED) is 0.777. The molecule has 1 unspecified atom stereocenters. The largest absolute Gasteiger partial charge is 0.371 e. The van der Waals surface area contributed by atoms with Crippen LogP contribution in [0.1, 0.15) is 40.0 Å². The SMILES string of the molecule is CCN(CC(C)(CC)CNC1CC1)c1ccc(F)cc1. The summed E-state index contributed by atoms with van der Waals surface area (Å²) in [5.74, 6) is -0.168. The van der Waals surface area contributed by atoms with Crippen molar-refractivity contribution in [2.75, 3.05) is 24.5 Å². The molecule has 1 atom stereocenters. The van der Waals surface area contributed by atoms with Gasteiger partial charge in [0.15, 0.2) is 0 Å². The minimum atomic E-state index is -0.168. The molecule has 2 nitrogen and oxygen atoms in total. The molecule has 1 aromatic carbocycles. The number of nitrogens with one attached hydrogen (secondary N) is 1. The number of benzene rings is 1. The molecule has 2 rings (SSSR count). The number of anilines is 1. The maximum absolute atomic E-state index is 13.0. The molecule has 0 radical (unpaired) electrons. The first-order valence-electron chi connectivity index (χ1n) is 7.80. The van der Waals surface area contributed by atoms with Gasteiger partial charge in [-0.25, -0.2) is 4.39 Å². The van der Waals surface area contributed by atoms with Crippen molar-refractivity contribution in [1.29, 1.82) is 0 Å². The smallest absolute Gasteiger partial charge is 0.123 e. The summed E-state index contributed by atoms with van der Waals surface area (Å²) in [5, 5.41) is 3.65. The first kappa shape index (κ1) is 15.3. The maximum atomic E-state index is 13.0. The average Bonchev–Trinajstić information content (AvgIpc) is 3.28. The molecule has 1 aliphatic rings. The second kappa shape index (κ2) is 6.57. The van der Waals surface area contributed by atoms with Crippen molar-refractivity contribution < 1.29 is 4.39 Å². The zero-order valence-corrected chi connectivity index (χ0v) is 13.0. The van der Waals surface area contributed by atoms with Gasteiger partial charge in [0.2, 0.25) is 0 Å². The molecule has 1 aromatic rings. The highest BCUT2D eigenvalue weighted by Crippen LogP contribution is 2.27. The van der Waals surface area contributed by atoms with Gasteiger partial charge in [0.25, 0.3) is 0 Å². The van der Waals surface area contributed by atoms with E-state index in [4.69, 9.17) is 0 Å². The van der Waals surface area contributed by atoms with E-state index < -0.39 is 0 Å². The van der Waals surface area contributed by atoms with Crippen LogP contribution in [0.25, 0.3) is 0 Å². The Bertz CT molecular complexity index is 414. The minimum Gasteiger partial charge on any atom is -0.371 e. The topological polar surface area (TPSA) is 15.3 Å². The molecule has 0 amide bonds. The highest BCUT2D eigenvalue weighted by atomic mass is 19.1. The van der Waals surface area contributed by atoms with Crippen molar-refractivity contribution in [3.05, 3.63) is 30.1 Å². The van der Waals surface area contributed by atoms with E-state index in [0.29, 0.717) is 0 Å². The molecule has 0 heterocycles. The number of hydrogen-bond acceptors (Lipinski definition) is 2. The van der Waals surface area contributed by atoms with E-state index in [0.717, 1.165) is 37.8 Å². The molecular formula is C17H27FN2. The standard InChI is InChI=1S/C17H27FN2/c1-4-17(3,12-19-15-8-9-15)13-20(5-2)16-10-6-14(18)7-11-16/h6-7,10-11,15,19H,4-5,8-9,12-13H2,1-3H3. The van der Waals surface area contributed by atoms with Crippen LogP contribution in [-0.2, 0) is 0 Å². The van der Waals surface area contributed by atoms with Gasteiger partial charge in [-0.05, 0) is 55.9 Å². The molecule has 1 fully saturated rings. The molecule has 0 aliphatic heterocycles. The molecule has 0 saturated heterocycles. The van der Waals surface area contributed by atoms with Gasteiger partial charge in [-0.1, -0.05) is 13.8 Å². The summed E-state index contributed by atoms with van der Waals surface area (Å²) < 4.78 is 13.0. The zero-order valence-electron chi connectivity index (χ0n) is 13.0. The van der Waals surface area contributed by atoms with E-state index in [-0.39, 0.29) is 11.2 Å². The number of hydrogen-bond donors (Lipinski definition) is 1. The summed E-state index contributed by atoms with van der Waals surface area (Å²) in [7, 11) is 0. The van der Waals surface area contributed by atoms with Crippen molar-refractivity contribution in [3.8, 4) is 0 Å². The lowest BCUT2D eigenvalue weighted by molar-refractivity contribution is 0.295. The Kier molecular flexibility index (Phi) is 5.03. The van der Waals surface area contributed by atoms with Crippen molar-refractivity contribution in [2.45, 2.75) is 46.1 Å². The summed E-state index contributed by atoms with van der Waals surface area (Å²) in [6, 6.07) is 7.60. The Morgan fingerprint density at radius 3 is 2.40 bits per heavy atom. The second-order valence-electron chi connectivity index (χ2n) is 6.31. The molecule has 0 bridgehead atoms. The normalized spacial score (nSPS) is 17.8. The number of nitrogens with zero attached hydrogens (tertiary/aromatic N) is 1. The lowest BCUT2D eigenvalue weighted by Crippen LogP contribution is -2.42. The average molecular weight is 278 g/mol. The molecule has 112 valence electrons. The molecule has 0 spiro atoms. The molecule has 1 saturated carbocycles. The van der Waals surface area contributed by atoms with Gasteiger partial charge in [0.1, 0.15) is 5.82 Å². The van der Waals surface area contributed by atoms with Crippen LogP contribution in [0.5, 0.6) is 0 Å². The van der Waals surface area contributed by atoms with Gasteiger partial charge < -0.3 is 10.2 Å². The van der Waals surface area contributed by atoms with Gasteiger partial charge in [0, 0.05) is 31.4 Å². The molecule has 3 heteroatoms. The van der Waals surface area contributed by atoms with Crippen molar-refractivity contribution >= 4 is 5.69 Å². The highest BCUT2D eigenvalue weighted by molar-refractivity contribution is 5.46. The van der Waals surface area contributed by atoms with Crippen molar-refractivity contribution in [2.24, 2.45) is 5.41 Å². The van der Waals surface area contributed by atoms with Gasteiger partial charge in [-0.15, -0.1) is 0 Å². The fraction of sp³-hybridized carbons (Fsp3) is 0.647. The Balaban J connectivity index is 2.00. The fourth-order valence-corrected chi connectivity index (χ4v) is 2.47. The monoisotopic (exact) mass is 278 g/mol. The van der Waals surface area contributed by atoms with E-state index in [1.165, 1.54) is 12.8 Å². The number of halogens is 1. The predicted octanol–water partition coefficient (Wildman–Crippen LogP) is 3.82. The van der Waals surface area contributed by atoms with Gasteiger partial charge in [-0.2, -0.15) is 0 Å². The molecular weight excluding hydrogens is 251 g/mol. The molecule has 1 N–H and O–H groups in total. The van der Waals surface area contributed by atoms with Gasteiger partial charge >= 0.3 is 0 Å². The Labute approximate surface area is 122 Å². The minimum absolute atomic E-state index is 0.168. The first-order chi connectivity index (χ1) is 9.56. The van der Waals surface area contributed by atoms with Crippen molar-refractivity contribution in [3.63, 3.8) is 0 Å². The van der Waals surface area contributed by atoms with E-state index in [9.17, 15) is 4.39 Å². The summed E-state index contributed by atoms with van der Waals surface area (Å²) in [5.41, 5.74) is 1.37. The van der Waals surface area contributed by atoms with Crippen molar-refractivity contribution in [1.82, 2.24) is 5.32 Å². The third-order valence-corrected chi connectivity index (χ3v) is 4.39. The van der Waals surface area contributed by atoms with E-state index in [2.05, 4.69) is 31.0 Å². The zero-order chi connectivity index (χ0) is 14.6. The van der Waals surface area contributed by atoms with Crippen LogP contribution in [0.3, 0.4) is 0 Å².